The van der Waals surface area contributed by atoms with Gasteiger partial charge in [0.2, 0.25) is 0 Å². The van der Waals surface area contributed by atoms with Crippen molar-refractivity contribution in [3.05, 3.63) is 38.9 Å². The fourth-order valence-corrected chi connectivity index (χ4v) is 1.85. The second-order valence-electron chi connectivity index (χ2n) is 3.04. The van der Waals surface area contributed by atoms with Gasteiger partial charge in [0.15, 0.2) is 0 Å². The fourth-order valence-electron chi connectivity index (χ4n) is 1.09. The number of halogens is 2. The summed E-state index contributed by atoms with van der Waals surface area (Å²) in [5, 5.41) is 10.3. The quantitative estimate of drug-likeness (QED) is 0.475. The minimum absolute atomic E-state index is 0.0729. The summed E-state index contributed by atoms with van der Waals surface area (Å²) in [6, 6.07) is 3.75. The molecule has 0 amide bonds. The molecule has 0 aromatic heterocycles. The monoisotopic (exact) mass is 267 g/mol. The summed E-state index contributed by atoms with van der Waals surface area (Å²) in [5.74, 6) is -0.666. The van der Waals surface area contributed by atoms with Crippen molar-refractivity contribution in [3.8, 4) is 0 Å². The largest absolute Gasteiger partial charge is 0.302 e. The molecule has 0 heterocycles. The van der Waals surface area contributed by atoms with Gasteiger partial charge < -0.3 is 0 Å². The smallest absolute Gasteiger partial charge is 0.258 e. The zero-order valence-corrected chi connectivity index (χ0v) is 9.46. The van der Waals surface area contributed by atoms with Crippen molar-refractivity contribution in [1.82, 2.24) is 0 Å². The van der Waals surface area contributed by atoms with Crippen LogP contribution in [-0.2, 0) is 16.6 Å². The van der Waals surface area contributed by atoms with Gasteiger partial charge in [-0.15, -0.1) is 3.89 Å². The van der Waals surface area contributed by atoms with Crippen molar-refractivity contribution in [2.24, 2.45) is 0 Å². The van der Waals surface area contributed by atoms with Crippen molar-refractivity contribution in [1.29, 1.82) is 0 Å². The highest BCUT2D eigenvalue weighted by Gasteiger charge is 2.13. The van der Waals surface area contributed by atoms with Crippen LogP contribution in [0.3, 0.4) is 0 Å². The van der Waals surface area contributed by atoms with E-state index in [1.165, 1.54) is 12.1 Å². The Kier molecular flexibility index (Phi) is 3.82. The zero-order valence-electron chi connectivity index (χ0n) is 7.89. The number of hydrogen-bond donors (Lipinski definition) is 0. The maximum atomic E-state index is 12.2. The first kappa shape index (κ1) is 12.9. The summed E-state index contributed by atoms with van der Waals surface area (Å²) in [6.45, 7) is 0. The molecule has 0 N–H and O–H groups in total. The Bertz CT molecular complexity index is 517. The van der Waals surface area contributed by atoms with E-state index < -0.39 is 20.9 Å². The zero-order chi connectivity index (χ0) is 12.3. The number of aryl methyl sites for hydroxylation is 1. The molecule has 1 aromatic carbocycles. The highest BCUT2D eigenvalue weighted by molar-refractivity contribution is 7.86. The number of nitro groups is 1. The maximum Gasteiger partial charge on any atom is 0.302 e. The van der Waals surface area contributed by atoms with E-state index in [9.17, 15) is 22.4 Å². The molecule has 0 aliphatic carbocycles. The van der Waals surface area contributed by atoms with Crippen LogP contribution in [0.4, 0.5) is 9.57 Å². The molecule has 16 heavy (non-hydrogen) atoms. The molecule has 5 nitrogen and oxygen atoms in total. The van der Waals surface area contributed by atoms with Gasteiger partial charge in [0.1, 0.15) is 5.02 Å². The molecular weight excluding hydrogens is 261 g/mol. The minimum atomic E-state index is -4.54. The van der Waals surface area contributed by atoms with Gasteiger partial charge in [0, 0.05) is 6.07 Å². The summed E-state index contributed by atoms with van der Waals surface area (Å²) in [7, 11) is -4.54. The second-order valence-corrected chi connectivity index (χ2v) is 4.93. The molecule has 0 radical (unpaired) electrons. The summed E-state index contributed by atoms with van der Waals surface area (Å²) in [5.41, 5.74) is 0.158. The van der Waals surface area contributed by atoms with Crippen LogP contribution in [0.25, 0.3) is 0 Å². The lowest BCUT2D eigenvalue weighted by Crippen LogP contribution is -2.02. The SMILES string of the molecule is O=[N+]([O-])c1ccc(CCS(=O)(=O)F)cc1Cl. The van der Waals surface area contributed by atoms with Gasteiger partial charge in [0.25, 0.3) is 5.69 Å². The number of benzene rings is 1. The van der Waals surface area contributed by atoms with Crippen molar-refractivity contribution >= 4 is 27.5 Å². The number of nitro benzene ring substituents is 1. The molecule has 0 spiro atoms. The van der Waals surface area contributed by atoms with Gasteiger partial charge in [-0.3, -0.25) is 10.1 Å². The van der Waals surface area contributed by atoms with Gasteiger partial charge >= 0.3 is 10.2 Å². The van der Waals surface area contributed by atoms with E-state index in [0.29, 0.717) is 5.56 Å². The van der Waals surface area contributed by atoms with Crippen LogP contribution in [-0.4, -0.2) is 19.1 Å². The molecule has 0 atom stereocenters. The van der Waals surface area contributed by atoms with E-state index >= 15 is 0 Å². The molecule has 1 aromatic rings. The predicted octanol–water partition coefficient (Wildman–Crippen LogP) is 2.09. The molecule has 0 bridgehead atoms. The third kappa shape index (κ3) is 3.74. The summed E-state index contributed by atoms with van der Waals surface area (Å²) in [4.78, 5) is 9.76. The first-order valence-electron chi connectivity index (χ1n) is 4.15. The Morgan fingerprint density at radius 3 is 2.50 bits per heavy atom. The number of rotatable bonds is 4. The lowest BCUT2D eigenvalue weighted by atomic mass is 10.1. The van der Waals surface area contributed by atoms with Gasteiger partial charge in [-0.05, 0) is 18.1 Å². The molecule has 0 aliphatic rings. The van der Waals surface area contributed by atoms with Gasteiger partial charge in [0.05, 0.1) is 10.7 Å². The van der Waals surface area contributed by atoms with Crippen LogP contribution < -0.4 is 0 Å². The Labute approximate surface area is 96.2 Å². The third-order valence-corrected chi connectivity index (χ3v) is 2.84. The average Bonchev–Trinajstić information content (AvgIpc) is 2.13. The van der Waals surface area contributed by atoms with Crippen LogP contribution >= 0.6 is 11.6 Å². The maximum absolute atomic E-state index is 12.2. The van der Waals surface area contributed by atoms with E-state index in [4.69, 9.17) is 11.6 Å². The predicted molar refractivity (Wildman–Crippen MR) is 56.7 cm³/mol. The van der Waals surface area contributed by atoms with Crippen molar-refractivity contribution in [3.63, 3.8) is 0 Å². The Morgan fingerprint density at radius 1 is 1.44 bits per heavy atom. The van der Waals surface area contributed by atoms with E-state index in [2.05, 4.69) is 0 Å². The van der Waals surface area contributed by atoms with Crippen LogP contribution in [0, 0.1) is 10.1 Å². The summed E-state index contributed by atoms with van der Waals surface area (Å²) < 4.78 is 32.7. The average molecular weight is 268 g/mol. The number of hydrogen-bond acceptors (Lipinski definition) is 4. The first-order valence-corrected chi connectivity index (χ1v) is 6.08. The Balaban J connectivity index is 2.86. The molecule has 0 unspecified atom stereocenters. The van der Waals surface area contributed by atoms with Crippen molar-refractivity contribution < 1.29 is 17.2 Å². The topological polar surface area (TPSA) is 77.3 Å². The van der Waals surface area contributed by atoms with Crippen molar-refractivity contribution in [2.45, 2.75) is 6.42 Å². The standard InChI is InChI=1S/C8H7ClFNO4S/c9-7-5-6(3-4-16(10,14)15)1-2-8(7)11(12)13/h1-2,5H,3-4H2. The normalized spacial score (nSPS) is 11.4. The third-order valence-electron chi connectivity index (χ3n) is 1.84. The van der Waals surface area contributed by atoms with E-state index in [0.717, 1.165) is 6.07 Å². The van der Waals surface area contributed by atoms with E-state index in [1.54, 1.807) is 0 Å². The second kappa shape index (κ2) is 4.75. The highest BCUT2D eigenvalue weighted by atomic mass is 35.5. The molecular formula is C8H7ClFNO4S. The van der Waals surface area contributed by atoms with E-state index in [1.807, 2.05) is 0 Å². The molecule has 0 aliphatic heterocycles. The molecule has 0 fully saturated rings. The highest BCUT2D eigenvalue weighted by Crippen LogP contribution is 2.25. The molecule has 88 valence electrons. The lowest BCUT2D eigenvalue weighted by molar-refractivity contribution is -0.384. The minimum Gasteiger partial charge on any atom is -0.258 e. The molecule has 8 heteroatoms. The summed E-state index contributed by atoms with van der Waals surface area (Å²) >= 11 is 5.59. The van der Waals surface area contributed by atoms with Crippen LogP contribution in [0.5, 0.6) is 0 Å². The number of nitrogens with zero attached hydrogens (tertiary/aromatic N) is 1. The van der Waals surface area contributed by atoms with Gasteiger partial charge in [-0.25, -0.2) is 0 Å². The van der Waals surface area contributed by atoms with E-state index in [-0.39, 0.29) is 17.1 Å². The van der Waals surface area contributed by atoms with Crippen molar-refractivity contribution in [2.75, 3.05) is 5.75 Å². The molecule has 1 rings (SSSR count). The van der Waals surface area contributed by atoms with Gasteiger partial charge in [-0.1, -0.05) is 17.7 Å². The Morgan fingerprint density at radius 2 is 2.06 bits per heavy atom. The van der Waals surface area contributed by atoms with Crippen LogP contribution in [0.15, 0.2) is 18.2 Å². The lowest BCUT2D eigenvalue weighted by Gasteiger charge is -2.00. The van der Waals surface area contributed by atoms with Crippen LogP contribution in [0.1, 0.15) is 5.56 Å². The van der Waals surface area contributed by atoms with Gasteiger partial charge in [-0.2, -0.15) is 8.42 Å². The molecule has 0 saturated carbocycles. The summed E-state index contributed by atoms with van der Waals surface area (Å²) in [6.07, 6.45) is -0.0729. The fraction of sp³-hybridized carbons (Fsp3) is 0.250. The van der Waals surface area contributed by atoms with Crippen LogP contribution in [0.2, 0.25) is 5.02 Å². The molecule has 0 saturated heterocycles. The first-order chi connectivity index (χ1) is 7.29. The Hall–Kier alpha value is -1.21.